The Morgan fingerprint density at radius 2 is 1.69 bits per heavy atom. The zero-order chi connectivity index (χ0) is 20.4. The van der Waals surface area contributed by atoms with Crippen molar-refractivity contribution in [3.63, 3.8) is 0 Å². The molecule has 0 N–H and O–H groups in total. The van der Waals surface area contributed by atoms with Gasteiger partial charge in [-0.1, -0.05) is 48.0 Å². The number of benzene rings is 2. The van der Waals surface area contributed by atoms with Gasteiger partial charge in [-0.2, -0.15) is 4.31 Å². The molecule has 7 heteroatoms. The summed E-state index contributed by atoms with van der Waals surface area (Å²) >= 11 is 6.20. The van der Waals surface area contributed by atoms with Crippen LogP contribution in [0.1, 0.15) is 35.2 Å². The summed E-state index contributed by atoms with van der Waals surface area (Å²) in [6.07, 6.45) is 4.52. The molecular weight excluding hydrogens is 408 g/mol. The van der Waals surface area contributed by atoms with Crippen LogP contribution in [-0.2, 0) is 10.0 Å². The van der Waals surface area contributed by atoms with Crippen LogP contribution < -0.4 is 0 Å². The third kappa shape index (κ3) is 4.10. The molecule has 29 heavy (non-hydrogen) atoms. The summed E-state index contributed by atoms with van der Waals surface area (Å²) in [7, 11) is -3.68. The Morgan fingerprint density at radius 3 is 2.34 bits per heavy atom. The van der Waals surface area contributed by atoms with E-state index in [1.54, 1.807) is 11.0 Å². The lowest BCUT2D eigenvalue weighted by atomic mass is 9.99. The largest absolute Gasteiger partial charge is 0.335 e. The molecule has 1 amide bonds. The maximum absolute atomic E-state index is 13.0. The van der Waals surface area contributed by atoms with Gasteiger partial charge in [-0.05, 0) is 48.6 Å². The molecule has 2 aliphatic heterocycles. The number of hydrogen-bond donors (Lipinski definition) is 0. The number of hydrogen-bond acceptors (Lipinski definition) is 3. The van der Waals surface area contributed by atoms with Crippen molar-refractivity contribution >= 4 is 33.1 Å². The van der Waals surface area contributed by atoms with Crippen LogP contribution >= 0.6 is 11.6 Å². The molecule has 5 nitrogen and oxygen atoms in total. The number of carbonyl (C=O) groups is 1. The van der Waals surface area contributed by atoms with Gasteiger partial charge >= 0.3 is 0 Å². The highest BCUT2D eigenvalue weighted by molar-refractivity contribution is 7.89. The lowest BCUT2D eigenvalue weighted by Gasteiger charge is -2.27. The normalized spacial score (nSPS) is 18.0. The molecule has 0 saturated carbocycles. The Kier molecular flexibility index (Phi) is 5.76. The zero-order valence-electron chi connectivity index (χ0n) is 16.1. The third-order valence-corrected chi connectivity index (χ3v) is 7.88. The van der Waals surface area contributed by atoms with Crippen molar-refractivity contribution < 1.29 is 13.2 Å². The van der Waals surface area contributed by atoms with Crippen molar-refractivity contribution in [3.05, 3.63) is 70.8 Å². The van der Waals surface area contributed by atoms with Crippen LogP contribution in [0.15, 0.2) is 59.5 Å². The van der Waals surface area contributed by atoms with E-state index in [1.807, 2.05) is 18.2 Å². The summed E-state index contributed by atoms with van der Waals surface area (Å²) in [6.45, 7) is 2.09. The molecule has 1 fully saturated rings. The Hall–Kier alpha value is -2.15. The van der Waals surface area contributed by atoms with Crippen molar-refractivity contribution in [3.8, 4) is 0 Å². The molecule has 2 aliphatic rings. The number of sulfonamides is 1. The lowest BCUT2D eigenvalue weighted by molar-refractivity contribution is 0.0772. The average Bonchev–Trinajstić information content (AvgIpc) is 3.30. The zero-order valence-corrected chi connectivity index (χ0v) is 17.6. The number of rotatable bonds is 4. The summed E-state index contributed by atoms with van der Waals surface area (Å²) in [6, 6.07) is 14.7. The fourth-order valence-corrected chi connectivity index (χ4v) is 5.87. The van der Waals surface area contributed by atoms with E-state index in [2.05, 4.69) is 18.2 Å². The van der Waals surface area contributed by atoms with Crippen LogP contribution in [0.5, 0.6) is 0 Å². The molecule has 2 aromatic carbocycles. The topological polar surface area (TPSA) is 57.7 Å². The second-order valence-corrected chi connectivity index (χ2v) is 9.67. The highest BCUT2D eigenvalue weighted by Gasteiger charge is 2.30. The van der Waals surface area contributed by atoms with E-state index in [0.29, 0.717) is 31.7 Å². The minimum Gasteiger partial charge on any atom is -0.335 e. The van der Waals surface area contributed by atoms with Gasteiger partial charge in [-0.3, -0.25) is 4.79 Å². The minimum atomic E-state index is -3.68. The summed E-state index contributed by atoms with van der Waals surface area (Å²) in [5.41, 5.74) is 2.75. The second kappa shape index (κ2) is 8.30. The number of carbonyl (C=O) groups excluding carboxylic acids is 1. The molecule has 2 heterocycles. The van der Waals surface area contributed by atoms with Crippen LogP contribution in [0, 0.1) is 0 Å². The SMILES string of the molecule is O=C(c1ccc(Cl)c(S(=O)(=O)N2CCCC2)c1)N1CC=C(c2ccccc2)CC1. The Labute approximate surface area is 176 Å². The summed E-state index contributed by atoms with van der Waals surface area (Å²) in [5, 5.41) is 0.151. The van der Waals surface area contributed by atoms with Crippen molar-refractivity contribution in [2.45, 2.75) is 24.2 Å². The predicted molar refractivity (Wildman–Crippen MR) is 114 cm³/mol. The highest BCUT2D eigenvalue weighted by Crippen LogP contribution is 2.29. The van der Waals surface area contributed by atoms with Crippen LogP contribution in [0.4, 0.5) is 0 Å². The smallest absolute Gasteiger partial charge is 0.254 e. The summed E-state index contributed by atoms with van der Waals surface area (Å²) < 4.78 is 27.3. The fourth-order valence-electron chi connectivity index (χ4n) is 3.85. The Balaban J connectivity index is 1.55. The van der Waals surface area contributed by atoms with E-state index >= 15 is 0 Å². The van der Waals surface area contributed by atoms with Crippen LogP contribution in [0.3, 0.4) is 0 Å². The molecule has 0 spiro atoms. The van der Waals surface area contributed by atoms with Gasteiger partial charge in [0, 0.05) is 31.7 Å². The van der Waals surface area contributed by atoms with Gasteiger partial charge in [-0.25, -0.2) is 8.42 Å². The Bertz CT molecular complexity index is 1040. The van der Waals surface area contributed by atoms with E-state index in [4.69, 9.17) is 11.6 Å². The molecule has 0 aliphatic carbocycles. The molecule has 2 aromatic rings. The maximum atomic E-state index is 13.0. The second-order valence-electron chi connectivity index (χ2n) is 7.35. The molecule has 152 valence electrons. The molecule has 0 atom stereocenters. The number of halogens is 1. The molecule has 4 rings (SSSR count). The standard InChI is InChI=1S/C22H23ClN2O3S/c23-20-9-8-19(16-21(20)29(27,28)25-12-4-5-13-25)22(26)24-14-10-18(11-15-24)17-6-2-1-3-7-17/h1-3,6-10,16H,4-5,11-15H2. The van der Waals surface area contributed by atoms with Gasteiger partial charge in [0.1, 0.15) is 4.90 Å². The van der Waals surface area contributed by atoms with Gasteiger partial charge in [0.2, 0.25) is 10.0 Å². The van der Waals surface area contributed by atoms with Gasteiger partial charge in [-0.15, -0.1) is 0 Å². The van der Waals surface area contributed by atoms with E-state index < -0.39 is 10.0 Å². The molecule has 0 unspecified atom stereocenters. The van der Waals surface area contributed by atoms with Gasteiger partial charge < -0.3 is 4.90 Å². The van der Waals surface area contributed by atoms with E-state index in [9.17, 15) is 13.2 Å². The Morgan fingerprint density at radius 1 is 0.966 bits per heavy atom. The first-order valence-electron chi connectivity index (χ1n) is 9.80. The summed E-state index contributed by atoms with van der Waals surface area (Å²) in [5.74, 6) is -0.178. The molecule has 0 bridgehead atoms. The first-order chi connectivity index (χ1) is 14.0. The first kappa shape index (κ1) is 20.1. The molecule has 1 saturated heterocycles. The number of amides is 1. The quantitative estimate of drug-likeness (QED) is 0.735. The maximum Gasteiger partial charge on any atom is 0.254 e. The van der Waals surface area contributed by atoms with Gasteiger partial charge in [0.05, 0.1) is 5.02 Å². The van der Waals surface area contributed by atoms with E-state index in [0.717, 1.165) is 19.3 Å². The van der Waals surface area contributed by atoms with Gasteiger partial charge in [0.25, 0.3) is 5.91 Å². The molecule has 0 radical (unpaired) electrons. The highest BCUT2D eigenvalue weighted by atomic mass is 35.5. The van der Waals surface area contributed by atoms with Gasteiger partial charge in [0.15, 0.2) is 0 Å². The fraction of sp³-hybridized carbons (Fsp3) is 0.318. The van der Waals surface area contributed by atoms with Crippen LogP contribution in [0.2, 0.25) is 5.02 Å². The minimum absolute atomic E-state index is 0.0180. The lowest BCUT2D eigenvalue weighted by Crippen LogP contribution is -2.35. The van der Waals surface area contributed by atoms with Crippen molar-refractivity contribution in [2.24, 2.45) is 0 Å². The van der Waals surface area contributed by atoms with Crippen LogP contribution in [-0.4, -0.2) is 49.7 Å². The van der Waals surface area contributed by atoms with Crippen molar-refractivity contribution in [1.29, 1.82) is 0 Å². The monoisotopic (exact) mass is 430 g/mol. The van der Waals surface area contributed by atoms with E-state index in [1.165, 1.54) is 27.6 Å². The van der Waals surface area contributed by atoms with E-state index in [-0.39, 0.29) is 15.8 Å². The van der Waals surface area contributed by atoms with Crippen LogP contribution in [0.25, 0.3) is 5.57 Å². The first-order valence-corrected chi connectivity index (χ1v) is 11.6. The van der Waals surface area contributed by atoms with Crippen molar-refractivity contribution in [2.75, 3.05) is 26.2 Å². The molecular formula is C22H23ClN2O3S. The number of nitrogens with zero attached hydrogens (tertiary/aromatic N) is 2. The van der Waals surface area contributed by atoms with Crippen molar-refractivity contribution in [1.82, 2.24) is 9.21 Å². The molecule has 0 aromatic heterocycles. The third-order valence-electron chi connectivity index (χ3n) is 5.50. The average molecular weight is 431 g/mol. The summed E-state index contributed by atoms with van der Waals surface area (Å²) in [4.78, 5) is 14.8. The predicted octanol–water partition coefficient (Wildman–Crippen LogP) is 4.05.